The molecule has 0 radical (unpaired) electrons. The summed E-state index contributed by atoms with van der Waals surface area (Å²) in [5.41, 5.74) is 3.52. The fourth-order valence-electron chi connectivity index (χ4n) is 3.30. The summed E-state index contributed by atoms with van der Waals surface area (Å²) in [7, 11) is 1.68. The molecule has 0 aromatic heterocycles. The Labute approximate surface area is 166 Å². The van der Waals surface area contributed by atoms with Gasteiger partial charge in [-0.1, -0.05) is 24.3 Å². The van der Waals surface area contributed by atoms with Crippen molar-refractivity contribution in [3.63, 3.8) is 0 Å². The van der Waals surface area contributed by atoms with Crippen molar-refractivity contribution < 1.29 is 9.47 Å². The molecule has 3 rings (SSSR count). The lowest BCUT2D eigenvalue weighted by Crippen LogP contribution is -1.96. The number of allylic oxidation sites excluding steroid dienone is 2. The van der Waals surface area contributed by atoms with Gasteiger partial charge in [0.2, 0.25) is 0 Å². The smallest absolute Gasteiger partial charge is 0.145 e. The highest BCUT2D eigenvalue weighted by Crippen LogP contribution is 2.35. The number of rotatable bonds is 7. The number of benzene rings is 3. The van der Waals surface area contributed by atoms with E-state index in [-0.39, 0.29) is 0 Å². The predicted octanol–water partition coefficient (Wildman–Crippen LogP) is 6.28. The molecule has 0 fully saturated rings. The minimum absolute atomic E-state index is 0.550. The number of ether oxygens (including phenoxy) is 2. The lowest BCUT2D eigenvalue weighted by molar-refractivity contribution is 0.411. The molecule has 0 N–H and O–H groups in total. The van der Waals surface area contributed by atoms with Crippen LogP contribution in [0.25, 0.3) is 10.8 Å². The Hall–Kier alpha value is -3.51. The van der Waals surface area contributed by atoms with Crippen molar-refractivity contribution in [3.8, 4) is 23.3 Å². The van der Waals surface area contributed by atoms with Gasteiger partial charge < -0.3 is 9.47 Å². The Bertz CT molecular complexity index is 1090. The molecule has 0 bridgehead atoms. The highest BCUT2D eigenvalue weighted by molar-refractivity contribution is 5.87. The van der Waals surface area contributed by atoms with E-state index in [1.54, 1.807) is 7.11 Å². The number of nitrogens with zero attached hydrogens (tertiary/aromatic N) is 1. The molecule has 0 saturated carbocycles. The standard InChI is InChI=1S/C25H23NO2/c1-5-8-18-12-21-15-25(28-23-11-7-10-17(3)22(23)16-26)19(9-6-2)13-20(21)14-24(18)27-4/h5-7,10-15H,1-2,8-9H2,3-4H3. The summed E-state index contributed by atoms with van der Waals surface area (Å²) in [6.45, 7) is 9.60. The van der Waals surface area contributed by atoms with Crippen molar-refractivity contribution in [3.05, 3.63) is 90.0 Å². The first kappa shape index (κ1) is 19.3. The molecule has 0 amide bonds. The Morgan fingerprint density at radius 3 is 2.11 bits per heavy atom. The van der Waals surface area contributed by atoms with Crippen molar-refractivity contribution in [2.24, 2.45) is 0 Å². The van der Waals surface area contributed by atoms with Crippen LogP contribution in [0, 0.1) is 18.3 Å². The summed E-state index contributed by atoms with van der Waals surface area (Å²) < 4.78 is 11.7. The molecule has 3 aromatic carbocycles. The van der Waals surface area contributed by atoms with Gasteiger partial charge in [-0.15, -0.1) is 13.2 Å². The van der Waals surface area contributed by atoms with Crippen molar-refractivity contribution in [2.45, 2.75) is 19.8 Å². The van der Waals surface area contributed by atoms with E-state index in [0.29, 0.717) is 17.7 Å². The van der Waals surface area contributed by atoms with Crippen molar-refractivity contribution in [2.75, 3.05) is 7.11 Å². The van der Waals surface area contributed by atoms with Gasteiger partial charge in [0.25, 0.3) is 0 Å². The highest BCUT2D eigenvalue weighted by atomic mass is 16.5. The zero-order valence-electron chi connectivity index (χ0n) is 16.3. The average molecular weight is 369 g/mol. The first-order valence-corrected chi connectivity index (χ1v) is 9.14. The quantitative estimate of drug-likeness (QED) is 0.460. The van der Waals surface area contributed by atoms with Crippen molar-refractivity contribution in [1.82, 2.24) is 0 Å². The van der Waals surface area contributed by atoms with E-state index in [1.807, 2.05) is 49.4 Å². The molecule has 3 nitrogen and oxygen atoms in total. The molecule has 0 atom stereocenters. The summed E-state index contributed by atoms with van der Waals surface area (Å²) in [4.78, 5) is 0. The predicted molar refractivity (Wildman–Crippen MR) is 114 cm³/mol. The van der Waals surface area contributed by atoms with Crippen LogP contribution in [-0.4, -0.2) is 7.11 Å². The van der Waals surface area contributed by atoms with Crippen molar-refractivity contribution >= 4 is 10.8 Å². The van der Waals surface area contributed by atoms with Crippen LogP contribution in [0.4, 0.5) is 0 Å². The Morgan fingerprint density at radius 1 is 0.929 bits per heavy atom. The maximum Gasteiger partial charge on any atom is 0.145 e. The van der Waals surface area contributed by atoms with Crippen molar-refractivity contribution in [1.29, 1.82) is 5.26 Å². The topological polar surface area (TPSA) is 42.2 Å². The molecule has 0 aliphatic rings. The van der Waals surface area contributed by atoms with Gasteiger partial charge in [0, 0.05) is 0 Å². The molecule has 0 unspecified atom stereocenters. The molecular weight excluding hydrogens is 346 g/mol. The molecule has 0 heterocycles. The van der Waals surface area contributed by atoms with E-state index in [0.717, 1.165) is 45.4 Å². The van der Waals surface area contributed by atoms with E-state index in [9.17, 15) is 5.26 Å². The Morgan fingerprint density at radius 2 is 1.54 bits per heavy atom. The molecule has 0 aliphatic carbocycles. The van der Waals surface area contributed by atoms with Gasteiger partial charge in [0.05, 0.1) is 12.7 Å². The molecular formula is C25H23NO2. The largest absolute Gasteiger partial charge is 0.496 e. The second kappa shape index (κ2) is 8.45. The third-order valence-electron chi connectivity index (χ3n) is 4.71. The zero-order chi connectivity index (χ0) is 20.1. The molecule has 140 valence electrons. The molecule has 0 saturated heterocycles. The summed E-state index contributed by atoms with van der Waals surface area (Å²) in [5, 5.41) is 11.6. The Kier molecular flexibility index (Phi) is 5.81. The molecule has 0 aliphatic heterocycles. The number of hydrogen-bond acceptors (Lipinski definition) is 3. The van der Waals surface area contributed by atoms with E-state index in [2.05, 4.69) is 31.4 Å². The van der Waals surface area contributed by atoms with Gasteiger partial charge in [-0.05, 0) is 77.6 Å². The number of nitriles is 1. The normalized spacial score (nSPS) is 10.3. The molecule has 0 spiro atoms. The third-order valence-corrected chi connectivity index (χ3v) is 4.71. The summed E-state index contributed by atoms with van der Waals surface area (Å²) >= 11 is 0. The third kappa shape index (κ3) is 3.77. The Balaban J connectivity index is 2.16. The lowest BCUT2D eigenvalue weighted by atomic mass is 9.99. The fourth-order valence-corrected chi connectivity index (χ4v) is 3.30. The van der Waals surface area contributed by atoms with E-state index >= 15 is 0 Å². The molecule has 28 heavy (non-hydrogen) atoms. The minimum Gasteiger partial charge on any atom is -0.496 e. The molecule has 3 aromatic rings. The molecule has 3 heteroatoms. The van der Waals surface area contributed by atoms with Crippen LogP contribution in [0.3, 0.4) is 0 Å². The monoisotopic (exact) mass is 369 g/mol. The summed E-state index contributed by atoms with van der Waals surface area (Å²) in [6.07, 6.45) is 5.09. The zero-order valence-corrected chi connectivity index (χ0v) is 16.3. The SMILES string of the molecule is C=CCc1cc2cc(Oc3cccc(C)c3C#N)c(CC=C)cc2cc1OC. The number of methoxy groups -OCH3 is 1. The van der Waals surface area contributed by atoms with Crippen LogP contribution in [0.2, 0.25) is 0 Å². The van der Waals surface area contributed by atoms with Crippen LogP contribution in [0.15, 0.2) is 67.8 Å². The number of hydrogen-bond donors (Lipinski definition) is 0. The first-order chi connectivity index (χ1) is 13.6. The van der Waals surface area contributed by atoms with E-state index < -0.39 is 0 Å². The second-order valence-corrected chi connectivity index (χ2v) is 6.62. The lowest BCUT2D eigenvalue weighted by Gasteiger charge is -2.15. The minimum atomic E-state index is 0.550. The van der Waals surface area contributed by atoms with Crippen LogP contribution in [0.5, 0.6) is 17.2 Å². The van der Waals surface area contributed by atoms with Crippen LogP contribution < -0.4 is 9.47 Å². The van der Waals surface area contributed by atoms with E-state index in [4.69, 9.17) is 9.47 Å². The van der Waals surface area contributed by atoms with Gasteiger partial charge >= 0.3 is 0 Å². The van der Waals surface area contributed by atoms with Gasteiger partial charge in [-0.25, -0.2) is 0 Å². The summed E-state index contributed by atoms with van der Waals surface area (Å²) in [6, 6.07) is 16.1. The van der Waals surface area contributed by atoms with E-state index in [1.165, 1.54) is 0 Å². The van der Waals surface area contributed by atoms with Gasteiger partial charge in [-0.3, -0.25) is 0 Å². The van der Waals surface area contributed by atoms with Gasteiger partial charge in [0.1, 0.15) is 23.3 Å². The maximum absolute atomic E-state index is 9.51. The van der Waals surface area contributed by atoms with Crippen LogP contribution >= 0.6 is 0 Å². The van der Waals surface area contributed by atoms with Gasteiger partial charge in [-0.2, -0.15) is 5.26 Å². The highest BCUT2D eigenvalue weighted by Gasteiger charge is 2.13. The summed E-state index contributed by atoms with van der Waals surface area (Å²) in [5.74, 6) is 2.13. The fraction of sp³-hybridized carbons (Fsp3) is 0.160. The first-order valence-electron chi connectivity index (χ1n) is 9.14. The average Bonchev–Trinajstić information content (AvgIpc) is 2.69. The number of aryl methyl sites for hydroxylation is 1. The van der Waals surface area contributed by atoms with Crippen LogP contribution in [0.1, 0.15) is 22.3 Å². The number of fused-ring (bicyclic) bond motifs is 1. The maximum atomic E-state index is 9.51. The second-order valence-electron chi connectivity index (χ2n) is 6.62. The van der Waals surface area contributed by atoms with Gasteiger partial charge in [0.15, 0.2) is 0 Å². The van der Waals surface area contributed by atoms with Crippen LogP contribution in [-0.2, 0) is 12.8 Å².